The van der Waals surface area contributed by atoms with Crippen LogP contribution in [0, 0.1) is 5.82 Å². The van der Waals surface area contributed by atoms with Crippen LogP contribution in [0.2, 0.25) is 0 Å². The summed E-state index contributed by atoms with van der Waals surface area (Å²) in [5.74, 6) is -0.409. The second kappa shape index (κ2) is 7.31. The van der Waals surface area contributed by atoms with E-state index in [1.165, 1.54) is 12.1 Å². The zero-order valence-corrected chi connectivity index (χ0v) is 14.3. The van der Waals surface area contributed by atoms with E-state index in [0.717, 1.165) is 16.7 Å². The number of hydrogen-bond donors (Lipinski definition) is 1. The molecule has 1 aliphatic heterocycles. The van der Waals surface area contributed by atoms with Crippen molar-refractivity contribution in [2.24, 2.45) is 0 Å². The van der Waals surface area contributed by atoms with Crippen molar-refractivity contribution < 1.29 is 19.3 Å². The van der Waals surface area contributed by atoms with Gasteiger partial charge in [0.05, 0.1) is 6.54 Å². The van der Waals surface area contributed by atoms with Crippen LogP contribution >= 0.6 is 0 Å². The topological polar surface area (TPSA) is 48.0 Å². The molecule has 3 N–H and O–H groups in total. The average molecular weight is 345 g/mol. The number of likely N-dealkylation sites (tertiary alicyclic amines) is 1. The van der Waals surface area contributed by atoms with Crippen molar-refractivity contribution in [3.8, 4) is 11.1 Å². The van der Waals surface area contributed by atoms with Crippen molar-refractivity contribution in [2.75, 3.05) is 13.1 Å². The predicted octanol–water partition coefficient (Wildman–Crippen LogP) is 2.78. The molecule has 2 aromatic rings. The van der Waals surface area contributed by atoms with E-state index in [9.17, 15) is 13.6 Å². The first kappa shape index (κ1) is 17.5. The second-order valence-corrected chi connectivity index (χ2v) is 6.69. The maximum atomic E-state index is 13.3. The fourth-order valence-corrected chi connectivity index (χ4v) is 3.22. The van der Waals surface area contributed by atoms with E-state index in [1.54, 1.807) is 17.0 Å². The molecular formula is C20H23F2N2O+. The number of quaternary nitrogens is 1. The molecule has 0 spiro atoms. The molecule has 0 radical (unpaired) electrons. The lowest BCUT2D eigenvalue weighted by Crippen LogP contribution is -2.69. The van der Waals surface area contributed by atoms with Crippen molar-refractivity contribution in [1.29, 1.82) is 0 Å². The van der Waals surface area contributed by atoms with Gasteiger partial charge in [-0.25, -0.2) is 8.78 Å². The Labute approximate surface area is 146 Å². The first-order valence-corrected chi connectivity index (χ1v) is 8.57. The van der Waals surface area contributed by atoms with Crippen LogP contribution in [0.25, 0.3) is 11.1 Å². The highest BCUT2D eigenvalue weighted by Gasteiger charge is 2.34. The highest BCUT2D eigenvalue weighted by molar-refractivity contribution is 5.81. The van der Waals surface area contributed by atoms with Crippen molar-refractivity contribution in [3.05, 3.63) is 59.9 Å². The molecule has 0 bridgehead atoms. The largest absolute Gasteiger partial charge is 0.347 e. The summed E-state index contributed by atoms with van der Waals surface area (Å²) in [7, 11) is 0. The molecule has 1 saturated heterocycles. The molecule has 0 aliphatic carbocycles. The summed E-state index contributed by atoms with van der Waals surface area (Å²) in [5.41, 5.74) is 6.96. The Morgan fingerprint density at radius 1 is 1.12 bits per heavy atom. The summed E-state index contributed by atoms with van der Waals surface area (Å²) < 4.78 is 26.3. The van der Waals surface area contributed by atoms with Gasteiger partial charge in [0, 0.05) is 12.5 Å². The summed E-state index contributed by atoms with van der Waals surface area (Å²) in [6, 6.07) is 13.8. The summed E-state index contributed by atoms with van der Waals surface area (Å²) in [5, 5.41) is 0. The fourth-order valence-electron chi connectivity index (χ4n) is 3.22. The monoisotopic (exact) mass is 345 g/mol. The second-order valence-electron chi connectivity index (χ2n) is 6.69. The number of hydrogen-bond acceptors (Lipinski definition) is 1. The van der Waals surface area contributed by atoms with Crippen molar-refractivity contribution >= 4 is 5.91 Å². The molecule has 25 heavy (non-hydrogen) atoms. The Hall–Kier alpha value is -2.27. The Bertz CT molecular complexity index is 730. The van der Waals surface area contributed by atoms with Crippen LogP contribution in [0.3, 0.4) is 0 Å². The van der Waals surface area contributed by atoms with E-state index < -0.39 is 12.2 Å². The third kappa shape index (κ3) is 3.87. The summed E-state index contributed by atoms with van der Waals surface area (Å²) in [6.07, 6.45) is -0.499. The van der Waals surface area contributed by atoms with Crippen LogP contribution in [0.1, 0.15) is 24.8 Å². The number of nitrogens with zero attached hydrogens (tertiary/aromatic N) is 1. The highest BCUT2D eigenvalue weighted by Crippen LogP contribution is 2.25. The molecule has 5 heteroatoms. The molecule has 1 amide bonds. The van der Waals surface area contributed by atoms with Crippen LogP contribution in [0.5, 0.6) is 0 Å². The lowest BCUT2D eigenvalue weighted by molar-refractivity contribution is -0.410. The molecule has 3 atom stereocenters. The van der Waals surface area contributed by atoms with Gasteiger partial charge >= 0.3 is 0 Å². The number of halogens is 2. The predicted molar refractivity (Wildman–Crippen MR) is 93.0 cm³/mol. The smallest absolute Gasteiger partial charge is 0.281 e. The zero-order chi connectivity index (χ0) is 18.0. The molecule has 3 nitrogen and oxygen atoms in total. The van der Waals surface area contributed by atoms with Gasteiger partial charge < -0.3 is 10.6 Å². The van der Waals surface area contributed by atoms with Gasteiger partial charge in [0.25, 0.3) is 5.91 Å². The number of alkyl halides is 1. The van der Waals surface area contributed by atoms with Gasteiger partial charge in [-0.05, 0) is 35.2 Å². The number of rotatable bonds is 4. The van der Waals surface area contributed by atoms with E-state index in [2.05, 4.69) is 5.73 Å². The maximum Gasteiger partial charge on any atom is 0.281 e. The lowest BCUT2D eigenvalue weighted by Gasteiger charge is -2.22. The van der Waals surface area contributed by atoms with Crippen LogP contribution < -0.4 is 5.73 Å². The first-order chi connectivity index (χ1) is 12.0. The van der Waals surface area contributed by atoms with E-state index in [1.807, 2.05) is 31.2 Å². The van der Waals surface area contributed by atoms with Crippen LogP contribution in [0.15, 0.2) is 48.5 Å². The van der Waals surface area contributed by atoms with Gasteiger partial charge in [-0.15, -0.1) is 0 Å². The summed E-state index contributed by atoms with van der Waals surface area (Å²) in [4.78, 5) is 14.1. The van der Waals surface area contributed by atoms with E-state index in [4.69, 9.17) is 0 Å². The Morgan fingerprint density at radius 2 is 1.68 bits per heavy atom. The molecule has 0 saturated carbocycles. The van der Waals surface area contributed by atoms with Gasteiger partial charge in [-0.2, -0.15) is 0 Å². The Kier molecular flexibility index (Phi) is 5.13. The van der Waals surface area contributed by atoms with Crippen molar-refractivity contribution in [2.45, 2.75) is 31.5 Å². The van der Waals surface area contributed by atoms with Crippen LogP contribution in [0.4, 0.5) is 8.78 Å². The van der Waals surface area contributed by atoms with Crippen molar-refractivity contribution in [1.82, 2.24) is 4.90 Å². The minimum Gasteiger partial charge on any atom is -0.347 e. The van der Waals surface area contributed by atoms with Crippen LogP contribution in [-0.2, 0) is 4.79 Å². The molecule has 1 aliphatic rings. The average Bonchev–Trinajstić information content (AvgIpc) is 3.07. The summed E-state index contributed by atoms with van der Waals surface area (Å²) in [6.45, 7) is 2.62. The van der Waals surface area contributed by atoms with Crippen molar-refractivity contribution in [3.63, 3.8) is 0 Å². The minimum atomic E-state index is -0.915. The molecule has 3 rings (SSSR count). The number of benzene rings is 2. The fraction of sp³-hybridized carbons (Fsp3) is 0.350. The Morgan fingerprint density at radius 3 is 2.20 bits per heavy atom. The number of carbonyl (C=O) groups excluding carboxylic acids is 1. The van der Waals surface area contributed by atoms with Gasteiger partial charge in [-0.3, -0.25) is 4.79 Å². The quantitative estimate of drug-likeness (QED) is 0.910. The van der Waals surface area contributed by atoms with Crippen LogP contribution in [-0.4, -0.2) is 36.1 Å². The molecule has 132 valence electrons. The molecule has 0 aromatic heterocycles. The number of carbonyl (C=O) groups is 1. The molecule has 0 unspecified atom stereocenters. The third-order valence-corrected chi connectivity index (χ3v) is 4.98. The third-order valence-electron chi connectivity index (χ3n) is 4.98. The highest BCUT2D eigenvalue weighted by atomic mass is 19.1. The standard InChI is InChI=1S/C20H22F2N2O/c1-13(19(23)20(25)24-11-10-18(22)12-24)14-2-4-15(5-3-14)16-6-8-17(21)9-7-16/h2-9,13,18-19H,10-12,23H2,1H3/p+1/t13-,18-,19-/m0/s1. The SMILES string of the molecule is C[C@@H](c1ccc(-c2ccc(F)cc2)cc1)[C@H]([NH3+])C(=O)N1CC[C@H](F)C1. The molecule has 2 aromatic carbocycles. The summed E-state index contributed by atoms with van der Waals surface area (Å²) >= 11 is 0. The molecule has 1 heterocycles. The van der Waals surface area contributed by atoms with Gasteiger partial charge in [0.2, 0.25) is 0 Å². The molecular weight excluding hydrogens is 322 g/mol. The maximum absolute atomic E-state index is 13.3. The molecule has 1 fully saturated rings. The Balaban J connectivity index is 1.70. The zero-order valence-electron chi connectivity index (χ0n) is 14.3. The van der Waals surface area contributed by atoms with Gasteiger partial charge in [0.15, 0.2) is 6.04 Å². The van der Waals surface area contributed by atoms with E-state index in [-0.39, 0.29) is 24.2 Å². The first-order valence-electron chi connectivity index (χ1n) is 8.57. The minimum absolute atomic E-state index is 0.0616. The number of amides is 1. The lowest BCUT2D eigenvalue weighted by atomic mass is 9.91. The normalized spacial score (nSPS) is 19.7. The van der Waals surface area contributed by atoms with E-state index in [0.29, 0.717) is 13.0 Å². The van der Waals surface area contributed by atoms with E-state index >= 15 is 0 Å². The van der Waals surface area contributed by atoms with Gasteiger partial charge in [0.1, 0.15) is 12.0 Å². The van der Waals surface area contributed by atoms with Gasteiger partial charge in [-0.1, -0.05) is 43.3 Å².